The Labute approximate surface area is 279 Å². The van der Waals surface area contributed by atoms with Gasteiger partial charge in [-0.25, -0.2) is 4.79 Å². The first-order valence-corrected chi connectivity index (χ1v) is 16.5. The van der Waals surface area contributed by atoms with Gasteiger partial charge < -0.3 is 83.9 Å². The van der Waals surface area contributed by atoms with E-state index in [1.54, 1.807) is 6.08 Å². The van der Waals surface area contributed by atoms with Gasteiger partial charge in [0.15, 0.2) is 12.6 Å². The van der Waals surface area contributed by atoms with Crippen molar-refractivity contribution in [2.24, 2.45) is 29.6 Å². The van der Waals surface area contributed by atoms with Crippen LogP contribution in [0.4, 0.5) is 0 Å². The lowest BCUT2D eigenvalue weighted by Crippen LogP contribution is -2.60. The predicted molar refractivity (Wildman–Crippen MR) is 154 cm³/mol. The molecule has 49 heavy (non-hydrogen) atoms. The Balaban J connectivity index is 1.05. The largest absolute Gasteiger partial charge is 0.472 e. The minimum Gasteiger partial charge on any atom is -0.472 e. The summed E-state index contributed by atoms with van der Waals surface area (Å²) in [5, 5.41) is 91.3. The molecule has 0 radical (unpaired) electrons. The summed E-state index contributed by atoms with van der Waals surface area (Å²) in [7, 11) is 0. The highest BCUT2D eigenvalue weighted by atomic mass is 16.8. The molecule has 0 spiro atoms. The lowest BCUT2D eigenvalue weighted by Gasteiger charge is -2.43. The molecule has 0 bridgehead atoms. The van der Waals surface area contributed by atoms with E-state index in [2.05, 4.69) is 0 Å². The molecular formula is C31H44O18. The zero-order chi connectivity index (χ0) is 34.9. The van der Waals surface area contributed by atoms with E-state index >= 15 is 0 Å². The van der Waals surface area contributed by atoms with Gasteiger partial charge >= 0.3 is 5.97 Å². The zero-order valence-electron chi connectivity index (χ0n) is 26.4. The van der Waals surface area contributed by atoms with Crippen LogP contribution in [0.3, 0.4) is 0 Å². The Morgan fingerprint density at radius 2 is 1.43 bits per heavy atom. The lowest BCUT2D eigenvalue weighted by molar-refractivity contribution is -0.344. The van der Waals surface area contributed by atoms with E-state index in [4.69, 9.17) is 37.9 Å². The number of esters is 1. The Hall–Kier alpha value is -2.01. The van der Waals surface area contributed by atoms with Crippen LogP contribution < -0.4 is 0 Å². The molecule has 18 heteroatoms. The van der Waals surface area contributed by atoms with Crippen molar-refractivity contribution in [3.8, 4) is 0 Å². The summed E-state index contributed by atoms with van der Waals surface area (Å²) in [4.78, 5) is 13.8. The van der Waals surface area contributed by atoms with Crippen molar-refractivity contribution in [3.05, 3.63) is 24.2 Å². The van der Waals surface area contributed by atoms with E-state index < -0.39 is 129 Å². The van der Waals surface area contributed by atoms with Crippen molar-refractivity contribution in [2.45, 2.75) is 112 Å². The van der Waals surface area contributed by atoms with Crippen LogP contribution in [0.2, 0.25) is 0 Å². The third-order valence-electron chi connectivity index (χ3n) is 11.3. The number of ether oxygens (including phenoxy) is 8. The fourth-order valence-corrected chi connectivity index (χ4v) is 8.48. The van der Waals surface area contributed by atoms with E-state index in [1.807, 2.05) is 6.92 Å². The van der Waals surface area contributed by atoms with E-state index in [0.717, 1.165) is 0 Å². The lowest BCUT2D eigenvalue weighted by atomic mass is 9.83. The summed E-state index contributed by atoms with van der Waals surface area (Å²) in [6.45, 7) is 0.196. The van der Waals surface area contributed by atoms with Crippen molar-refractivity contribution in [2.75, 3.05) is 19.8 Å². The summed E-state index contributed by atoms with van der Waals surface area (Å²) in [6.07, 6.45) is -13.5. The topological polar surface area (TPSA) is 276 Å². The fraction of sp³-hybridized carbons (Fsp3) is 0.839. The number of carbonyl (C=O) groups excluding carboxylic acids is 1. The maximum atomic E-state index is 13.8. The molecule has 0 unspecified atom stereocenters. The van der Waals surface area contributed by atoms with Gasteiger partial charge in [-0.2, -0.15) is 0 Å². The molecule has 9 N–H and O–H groups in total. The molecule has 0 amide bonds. The number of fused-ring (bicyclic) bond motifs is 4. The average molecular weight is 705 g/mol. The Bertz CT molecular complexity index is 1280. The standard InChI is InChI=1S/C31H44O18/c1-10-2-3-11-13(8-43-27(16(10)11)47-29-22(39)20(37)18(35)14(6-32)44-29)26(41)46-24-12-4-5-42-28(17(12)31(9-34)25(24)49-31)48-30-23(40)21(38)19(36)15(7-33)45-30/h4-5,8,10-12,14-25,27-30,32-40H,2-3,6-7,9H2,1H3/t10-,11+,12+,14+,15+,16+,17+,18+,19+,20-,21-,22+,23+,24-,25-,27-,28-,29-,30-,31+/m0/s1. The van der Waals surface area contributed by atoms with E-state index in [-0.39, 0.29) is 23.3 Å². The fourth-order valence-electron chi connectivity index (χ4n) is 8.48. The van der Waals surface area contributed by atoms with E-state index in [0.29, 0.717) is 12.8 Å². The monoisotopic (exact) mass is 704 g/mol. The van der Waals surface area contributed by atoms with Crippen LogP contribution in [-0.4, -0.2) is 164 Å². The average Bonchev–Trinajstić information content (AvgIpc) is 3.62. The number of aliphatic hydroxyl groups is 9. The van der Waals surface area contributed by atoms with Crippen LogP contribution in [0, 0.1) is 29.6 Å². The molecule has 5 fully saturated rings. The third-order valence-corrected chi connectivity index (χ3v) is 11.3. The normalized spacial score (nSPS) is 53.0. The van der Waals surface area contributed by atoms with Crippen molar-refractivity contribution in [1.82, 2.24) is 0 Å². The molecular weight excluding hydrogens is 660 g/mol. The summed E-state index contributed by atoms with van der Waals surface area (Å²) in [6, 6.07) is 0. The second-order valence-electron chi connectivity index (χ2n) is 13.9. The molecule has 0 aromatic heterocycles. The third kappa shape index (κ3) is 5.79. The zero-order valence-corrected chi connectivity index (χ0v) is 26.4. The number of hydrogen-bond donors (Lipinski definition) is 9. The minimum atomic E-state index is -1.70. The van der Waals surface area contributed by atoms with Gasteiger partial charge in [-0.1, -0.05) is 6.92 Å². The minimum absolute atomic E-state index is 0.000182. The molecule has 2 aliphatic carbocycles. The van der Waals surface area contributed by atoms with Gasteiger partial charge in [0, 0.05) is 17.8 Å². The van der Waals surface area contributed by atoms with Crippen LogP contribution in [-0.2, 0) is 42.7 Å². The van der Waals surface area contributed by atoms with Gasteiger partial charge in [0.05, 0.1) is 43.8 Å². The smallest absolute Gasteiger partial charge is 0.337 e. The van der Waals surface area contributed by atoms with Crippen LogP contribution in [0.15, 0.2) is 24.2 Å². The molecule has 5 aliphatic heterocycles. The number of aliphatic hydroxyl groups excluding tert-OH is 9. The molecule has 5 heterocycles. The predicted octanol–water partition coefficient (Wildman–Crippen LogP) is -4.32. The van der Waals surface area contributed by atoms with Crippen LogP contribution in [0.1, 0.15) is 19.8 Å². The quantitative estimate of drug-likeness (QED) is 0.0811. The number of rotatable bonds is 9. The molecule has 0 aromatic rings. The Kier molecular flexibility index (Phi) is 9.76. The molecule has 2 saturated carbocycles. The van der Waals surface area contributed by atoms with Gasteiger partial charge in [0.2, 0.25) is 12.6 Å². The molecule has 276 valence electrons. The first kappa shape index (κ1) is 35.4. The maximum Gasteiger partial charge on any atom is 0.337 e. The van der Waals surface area contributed by atoms with Gasteiger partial charge in [-0.05, 0) is 24.8 Å². The molecule has 7 aliphatic rings. The van der Waals surface area contributed by atoms with Gasteiger partial charge in [0.25, 0.3) is 0 Å². The van der Waals surface area contributed by atoms with Crippen molar-refractivity contribution in [1.29, 1.82) is 0 Å². The van der Waals surface area contributed by atoms with Crippen molar-refractivity contribution < 1.29 is 88.6 Å². The number of epoxide rings is 1. The highest BCUT2D eigenvalue weighted by Crippen LogP contribution is 2.61. The van der Waals surface area contributed by atoms with Gasteiger partial charge in [-0.15, -0.1) is 0 Å². The second-order valence-corrected chi connectivity index (χ2v) is 13.9. The van der Waals surface area contributed by atoms with Crippen LogP contribution in [0.25, 0.3) is 0 Å². The molecule has 0 aromatic carbocycles. The summed E-state index contributed by atoms with van der Waals surface area (Å²) in [5.41, 5.74) is -0.988. The second kappa shape index (κ2) is 13.5. The Morgan fingerprint density at radius 3 is 2.02 bits per heavy atom. The van der Waals surface area contributed by atoms with Crippen molar-refractivity contribution >= 4 is 5.97 Å². The number of carbonyl (C=O) groups is 1. The van der Waals surface area contributed by atoms with E-state index in [1.165, 1.54) is 12.5 Å². The summed E-state index contributed by atoms with van der Waals surface area (Å²) in [5.74, 6) is -2.79. The summed E-state index contributed by atoms with van der Waals surface area (Å²) < 4.78 is 46.4. The molecule has 7 rings (SSSR count). The highest BCUT2D eigenvalue weighted by molar-refractivity contribution is 5.89. The summed E-state index contributed by atoms with van der Waals surface area (Å²) >= 11 is 0. The first-order valence-electron chi connectivity index (χ1n) is 16.5. The van der Waals surface area contributed by atoms with Gasteiger partial charge in [0.1, 0.15) is 66.6 Å². The molecule has 18 nitrogen and oxygen atoms in total. The van der Waals surface area contributed by atoms with Crippen LogP contribution >= 0.6 is 0 Å². The van der Waals surface area contributed by atoms with Crippen LogP contribution in [0.5, 0.6) is 0 Å². The van der Waals surface area contributed by atoms with Crippen molar-refractivity contribution in [3.63, 3.8) is 0 Å². The molecule has 3 saturated heterocycles. The number of hydrogen-bond acceptors (Lipinski definition) is 18. The Morgan fingerprint density at radius 1 is 0.816 bits per heavy atom. The first-order chi connectivity index (χ1) is 23.4. The molecule has 20 atom stereocenters. The maximum absolute atomic E-state index is 13.8. The highest BCUT2D eigenvalue weighted by Gasteiger charge is 2.77. The SMILES string of the molecule is C[C@H]1CC[C@@H]2C(C(=O)O[C@H]3[C@@H]4C=CO[C@@H](O[C@@H]5O[C@H](CO)[C@@H](O)[C@H](O)[C@H]5O)[C@@H]4[C@@]4(CO)O[C@@H]34)=CO[C@@H](O[C@@H]3O[C@H](CO)[C@@H](O)[C@H](O)[C@H]3O)[C@@H]21. The van der Waals surface area contributed by atoms with Gasteiger partial charge in [-0.3, -0.25) is 0 Å². The van der Waals surface area contributed by atoms with E-state index in [9.17, 15) is 50.8 Å².